The highest BCUT2D eigenvalue weighted by atomic mass is 32.1. The largest absolute Gasteiger partial charge is 0.134 e. The van der Waals surface area contributed by atoms with Crippen LogP contribution in [0.15, 0.2) is 146 Å². The summed E-state index contributed by atoms with van der Waals surface area (Å²) in [7, 11) is 0. The summed E-state index contributed by atoms with van der Waals surface area (Å²) >= 11 is 1.88. The first-order valence-electron chi connectivity index (χ1n) is 14.6. The lowest BCUT2D eigenvalue weighted by molar-refractivity contribution is 1.63. The average Bonchev–Trinajstić information content (AvgIpc) is 3.48. The maximum Gasteiger partial charge on any atom is 0.0440 e. The van der Waals surface area contributed by atoms with Crippen LogP contribution in [0.5, 0.6) is 0 Å². The van der Waals surface area contributed by atoms with E-state index in [9.17, 15) is 0 Å². The summed E-state index contributed by atoms with van der Waals surface area (Å²) < 4.78 is 2.61. The molecule has 9 rings (SSSR count). The van der Waals surface area contributed by atoms with Crippen LogP contribution in [0.4, 0.5) is 0 Å². The molecular formula is C42H24S. The Hall–Kier alpha value is -5.42. The van der Waals surface area contributed by atoms with Gasteiger partial charge in [-0.15, -0.1) is 11.3 Å². The fourth-order valence-electron chi connectivity index (χ4n) is 6.72. The Morgan fingerprint density at radius 3 is 1.63 bits per heavy atom. The van der Waals surface area contributed by atoms with Crippen molar-refractivity contribution in [3.63, 3.8) is 0 Å². The Labute approximate surface area is 254 Å². The van der Waals surface area contributed by atoms with E-state index in [-0.39, 0.29) is 0 Å². The second-order valence-electron chi connectivity index (χ2n) is 11.1. The Balaban J connectivity index is 1.22. The number of benzene rings is 7. The molecule has 1 aromatic heterocycles. The Kier molecular flexibility index (Phi) is 5.38. The maximum absolute atomic E-state index is 3.31. The van der Waals surface area contributed by atoms with Gasteiger partial charge in [-0.05, 0) is 78.8 Å². The zero-order chi connectivity index (χ0) is 28.3. The van der Waals surface area contributed by atoms with E-state index in [1.54, 1.807) is 0 Å². The monoisotopic (exact) mass is 560 g/mol. The molecule has 1 heterocycles. The standard InChI is InChI=1S/C42H24S/c1-2-11-27(12-3-1)31-19-9-21-38-39-22-10-20-32(42(39)43-41(31)38)30-14-8-13-28(25-30)29-23-24-37-35-17-5-4-15-33(35)34-16-6-7-18-36(34)40(37)26-29/h1-2,4-11,13-26H. The molecule has 0 spiro atoms. The molecule has 43 heavy (non-hydrogen) atoms. The molecule has 0 N–H and O–H groups in total. The molecule has 0 aliphatic rings. The molecule has 198 valence electrons. The number of hydrogen-bond donors (Lipinski definition) is 0. The first-order valence-corrected chi connectivity index (χ1v) is 15.4. The van der Waals surface area contributed by atoms with Crippen molar-refractivity contribution in [3.05, 3.63) is 158 Å². The number of fused-ring (bicyclic) bond motifs is 9. The molecule has 0 fully saturated rings. The second-order valence-corrected chi connectivity index (χ2v) is 12.1. The Morgan fingerprint density at radius 2 is 0.930 bits per heavy atom. The predicted molar refractivity (Wildman–Crippen MR) is 186 cm³/mol. The second kappa shape index (κ2) is 9.57. The third kappa shape index (κ3) is 3.78. The van der Waals surface area contributed by atoms with Crippen LogP contribution in [0.25, 0.3) is 85.9 Å². The van der Waals surface area contributed by atoms with Crippen LogP contribution < -0.4 is 0 Å². The van der Waals surface area contributed by atoms with Crippen LogP contribution in [-0.4, -0.2) is 0 Å². The van der Waals surface area contributed by atoms with Crippen molar-refractivity contribution in [1.29, 1.82) is 0 Å². The summed E-state index contributed by atoms with van der Waals surface area (Å²) in [6.45, 7) is 0. The van der Waals surface area contributed by atoms with Gasteiger partial charge in [-0.25, -0.2) is 0 Å². The highest BCUT2D eigenvalue weighted by Gasteiger charge is 2.15. The van der Waals surface area contributed by atoms with Gasteiger partial charge in [0.05, 0.1) is 0 Å². The zero-order valence-corrected chi connectivity index (χ0v) is 24.1. The normalized spacial score (nSPS) is 11.5. The Bertz CT molecular complexity index is 2460. The molecule has 0 bridgehead atoms. The van der Waals surface area contributed by atoms with Crippen molar-refractivity contribution < 1.29 is 0 Å². The van der Waals surface area contributed by atoms with E-state index < -0.39 is 0 Å². The smallest absolute Gasteiger partial charge is 0.0440 e. The molecule has 8 aromatic carbocycles. The lowest BCUT2D eigenvalue weighted by Crippen LogP contribution is -1.86. The molecule has 0 saturated heterocycles. The van der Waals surface area contributed by atoms with Crippen molar-refractivity contribution in [3.8, 4) is 33.4 Å². The molecule has 0 amide bonds. The quantitative estimate of drug-likeness (QED) is 0.189. The number of hydrogen-bond acceptors (Lipinski definition) is 1. The molecule has 9 aromatic rings. The van der Waals surface area contributed by atoms with E-state index in [4.69, 9.17) is 0 Å². The summed E-state index contributed by atoms with van der Waals surface area (Å²) in [5.74, 6) is 0. The fourth-order valence-corrected chi connectivity index (χ4v) is 8.09. The molecule has 0 unspecified atom stereocenters. The number of thiophene rings is 1. The first-order chi connectivity index (χ1) is 21.3. The third-order valence-electron chi connectivity index (χ3n) is 8.71. The molecule has 0 nitrogen and oxygen atoms in total. The van der Waals surface area contributed by atoms with Crippen LogP contribution in [0, 0.1) is 12.1 Å². The van der Waals surface area contributed by atoms with Crippen LogP contribution in [0.1, 0.15) is 0 Å². The van der Waals surface area contributed by atoms with Gasteiger partial charge in [-0.1, -0.05) is 133 Å². The van der Waals surface area contributed by atoms with Crippen LogP contribution in [0.3, 0.4) is 0 Å². The van der Waals surface area contributed by atoms with Gasteiger partial charge < -0.3 is 0 Å². The lowest BCUT2D eigenvalue weighted by atomic mass is 9.91. The summed E-state index contributed by atoms with van der Waals surface area (Å²) in [5, 5.41) is 10.4. The van der Waals surface area contributed by atoms with E-state index >= 15 is 0 Å². The van der Waals surface area contributed by atoms with E-state index in [2.05, 4.69) is 146 Å². The van der Waals surface area contributed by atoms with Crippen LogP contribution in [-0.2, 0) is 0 Å². The molecule has 0 radical (unpaired) electrons. The summed E-state index contributed by atoms with van der Waals surface area (Å²) in [5.41, 5.74) is 7.26. The SMILES string of the molecule is c1cccc(-c2cccc3c2sc2c(-c4cccc(-c5ccc6c7ccccc7c7ccccc7c6c5)c4)cccc23)c#1. The third-order valence-corrected chi connectivity index (χ3v) is 10.0. The van der Waals surface area contributed by atoms with Crippen LogP contribution in [0.2, 0.25) is 0 Å². The van der Waals surface area contributed by atoms with Gasteiger partial charge in [0.1, 0.15) is 0 Å². The van der Waals surface area contributed by atoms with Crippen molar-refractivity contribution in [2.45, 2.75) is 0 Å². The molecule has 0 aliphatic heterocycles. The van der Waals surface area contributed by atoms with Crippen LogP contribution >= 0.6 is 11.3 Å². The average molecular weight is 561 g/mol. The topological polar surface area (TPSA) is 0 Å². The summed E-state index contributed by atoms with van der Waals surface area (Å²) in [4.78, 5) is 0. The summed E-state index contributed by atoms with van der Waals surface area (Å²) in [6, 6.07) is 59.3. The van der Waals surface area contributed by atoms with Crippen molar-refractivity contribution in [2.24, 2.45) is 0 Å². The summed E-state index contributed by atoms with van der Waals surface area (Å²) in [6.07, 6.45) is 0. The molecule has 0 atom stereocenters. The molecule has 0 saturated carbocycles. The minimum atomic E-state index is 1.08. The number of rotatable bonds is 3. The van der Waals surface area contributed by atoms with Gasteiger partial charge in [0.15, 0.2) is 0 Å². The molecule has 0 aliphatic carbocycles. The zero-order valence-electron chi connectivity index (χ0n) is 23.3. The van der Waals surface area contributed by atoms with E-state index in [0.717, 1.165) is 5.56 Å². The lowest BCUT2D eigenvalue weighted by Gasteiger charge is -2.12. The highest BCUT2D eigenvalue weighted by Crippen LogP contribution is 2.44. The van der Waals surface area contributed by atoms with Gasteiger partial charge >= 0.3 is 0 Å². The van der Waals surface area contributed by atoms with Gasteiger partial charge in [-0.2, -0.15) is 0 Å². The highest BCUT2D eigenvalue weighted by molar-refractivity contribution is 7.26. The maximum atomic E-state index is 3.31. The van der Waals surface area contributed by atoms with Crippen molar-refractivity contribution in [1.82, 2.24) is 0 Å². The van der Waals surface area contributed by atoms with Crippen molar-refractivity contribution in [2.75, 3.05) is 0 Å². The predicted octanol–water partition coefficient (Wildman–Crippen LogP) is 12.1. The van der Waals surface area contributed by atoms with Gasteiger partial charge in [0.2, 0.25) is 0 Å². The van der Waals surface area contributed by atoms with Gasteiger partial charge in [-0.3, -0.25) is 0 Å². The van der Waals surface area contributed by atoms with Gasteiger partial charge in [0.25, 0.3) is 0 Å². The fraction of sp³-hybridized carbons (Fsp3) is 0. The van der Waals surface area contributed by atoms with Crippen molar-refractivity contribution >= 4 is 63.8 Å². The van der Waals surface area contributed by atoms with E-state index in [1.807, 2.05) is 23.5 Å². The minimum Gasteiger partial charge on any atom is -0.134 e. The van der Waals surface area contributed by atoms with E-state index in [1.165, 1.54) is 80.3 Å². The minimum absolute atomic E-state index is 1.08. The Morgan fingerprint density at radius 1 is 0.372 bits per heavy atom. The first kappa shape index (κ1) is 24.2. The van der Waals surface area contributed by atoms with E-state index in [0.29, 0.717) is 0 Å². The molecule has 1 heteroatoms. The van der Waals surface area contributed by atoms with Gasteiger partial charge in [0, 0.05) is 31.3 Å². The molecular weight excluding hydrogens is 537 g/mol.